The first-order valence-corrected chi connectivity index (χ1v) is 9.90. The highest BCUT2D eigenvalue weighted by atomic mass is 16.5. The number of carbonyl (C=O) groups excluding carboxylic acids is 3. The predicted molar refractivity (Wildman–Crippen MR) is 110 cm³/mol. The molecule has 0 bridgehead atoms. The van der Waals surface area contributed by atoms with Crippen molar-refractivity contribution in [3.63, 3.8) is 0 Å². The summed E-state index contributed by atoms with van der Waals surface area (Å²) in [6.45, 7) is 2.26. The summed E-state index contributed by atoms with van der Waals surface area (Å²) in [4.78, 5) is 37.9. The molecule has 1 fully saturated rings. The van der Waals surface area contributed by atoms with Crippen LogP contribution < -0.4 is 10.6 Å². The topological polar surface area (TPSA) is 87.7 Å². The van der Waals surface area contributed by atoms with Crippen LogP contribution in [0, 0.1) is 0 Å². The number of esters is 1. The van der Waals surface area contributed by atoms with E-state index in [1.54, 1.807) is 0 Å². The summed E-state index contributed by atoms with van der Waals surface area (Å²) in [6.07, 6.45) is 0.864. The fourth-order valence-corrected chi connectivity index (χ4v) is 3.56. The SMILES string of the molecule is COC(=O)CCCNC(=O)C[C@@H]1C(=O)NCCN1Cc1ccc2ccccc2c1. The summed E-state index contributed by atoms with van der Waals surface area (Å²) in [5.41, 5.74) is 1.11. The summed E-state index contributed by atoms with van der Waals surface area (Å²) >= 11 is 0. The lowest BCUT2D eigenvalue weighted by Gasteiger charge is -2.34. The minimum Gasteiger partial charge on any atom is -0.469 e. The third kappa shape index (κ3) is 5.77. The molecular formula is C22H27N3O4. The Hall–Kier alpha value is -2.93. The van der Waals surface area contributed by atoms with Gasteiger partial charge in [0.1, 0.15) is 0 Å². The lowest BCUT2D eigenvalue weighted by atomic mass is 10.0. The lowest BCUT2D eigenvalue weighted by molar-refractivity contribution is -0.140. The number of benzene rings is 2. The average Bonchev–Trinajstić information content (AvgIpc) is 2.73. The van der Waals surface area contributed by atoms with Gasteiger partial charge in [0.25, 0.3) is 0 Å². The molecule has 1 saturated heterocycles. The van der Waals surface area contributed by atoms with Crippen molar-refractivity contribution in [3.8, 4) is 0 Å². The molecule has 2 N–H and O–H groups in total. The molecule has 7 heteroatoms. The van der Waals surface area contributed by atoms with Gasteiger partial charge in [0, 0.05) is 32.6 Å². The van der Waals surface area contributed by atoms with Gasteiger partial charge < -0.3 is 15.4 Å². The van der Waals surface area contributed by atoms with E-state index in [1.807, 2.05) is 12.1 Å². The van der Waals surface area contributed by atoms with Crippen LogP contribution in [0.4, 0.5) is 0 Å². The molecule has 1 heterocycles. The van der Waals surface area contributed by atoms with E-state index in [9.17, 15) is 14.4 Å². The molecule has 2 aromatic rings. The summed E-state index contributed by atoms with van der Waals surface area (Å²) < 4.78 is 4.58. The van der Waals surface area contributed by atoms with Crippen molar-refractivity contribution in [2.45, 2.75) is 31.8 Å². The van der Waals surface area contributed by atoms with E-state index in [0.29, 0.717) is 32.6 Å². The molecule has 29 heavy (non-hydrogen) atoms. The van der Waals surface area contributed by atoms with E-state index in [0.717, 1.165) is 10.9 Å². The highest BCUT2D eigenvalue weighted by Gasteiger charge is 2.31. The second kappa shape index (κ2) is 10.0. The zero-order valence-corrected chi connectivity index (χ0v) is 16.6. The van der Waals surface area contributed by atoms with Gasteiger partial charge in [0.15, 0.2) is 0 Å². The molecule has 1 aliphatic heterocycles. The zero-order chi connectivity index (χ0) is 20.6. The number of nitrogens with zero attached hydrogens (tertiary/aromatic N) is 1. The van der Waals surface area contributed by atoms with Gasteiger partial charge in [0.05, 0.1) is 19.6 Å². The van der Waals surface area contributed by atoms with Gasteiger partial charge in [-0.3, -0.25) is 19.3 Å². The number of rotatable bonds is 8. The van der Waals surface area contributed by atoms with E-state index in [-0.39, 0.29) is 30.6 Å². The van der Waals surface area contributed by atoms with E-state index in [4.69, 9.17) is 0 Å². The normalized spacial score (nSPS) is 17.0. The zero-order valence-electron chi connectivity index (χ0n) is 16.6. The number of carbonyl (C=O) groups is 3. The minimum absolute atomic E-state index is 0.0949. The molecule has 0 radical (unpaired) electrons. The third-order valence-electron chi connectivity index (χ3n) is 5.13. The van der Waals surface area contributed by atoms with Crippen molar-refractivity contribution in [2.75, 3.05) is 26.7 Å². The molecule has 1 aliphatic rings. The summed E-state index contributed by atoms with van der Waals surface area (Å²) in [7, 11) is 1.34. The molecule has 1 atom stereocenters. The number of hydrogen-bond acceptors (Lipinski definition) is 5. The van der Waals surface area contributed by atoms with Crippen LogP contribution in [0.2, 0.25) is 0 Å². The van der Waals surface area contributed by atoms with Gasteiger partial charge in [-0.05, 0) is 28.8 Å². The predicted octanol–water partition coefficient (Wildman–Crippen LogP) is 1.60. The highest BCUT2D eigenvalue weighted by molar-refractivity contribution is 5.89. The van der Waals surface area contributed by atoms with Gasteiger partial charge in [0.2, 0.25) is 11.8 Å². The van der Waals surface area contributed by atoms with E-state index in [1.165, 1.54) is 12.5 Å². The van der Waals surface area contributed by atoms with Crippen LogP contribution in [0.5, 0.6) is 0 Å². The van der Waals surface area contributed by atoms with E-state index >= 15 is 0 Å². The van der Waals surface area contributed by atoms with E-state index < -0.39 is 6.04 Å². The van der Waals surface area contributed by atoms with Crippen LogP contribution in [0.15, 0.2) is 42.5 Å². The standard InChI is InChI=1S/C22H27N3O4/c1-29-21(27)7-4-10-23-20(26)14-19-22(28)24-11-12-25(19)15-16-8-9-17-5-2-3-6-18(17)13-16/h2-3,5-6,8-9,13,19H,4,7,10-12,14-15H2,1H3,(H,23,26)(H,24,28)/t19-/m1/s1. The second-order valence-electron chi connectivity index (χ2n) is 7.19. The first-order chi connectivity index (χ1) is 14.1. The Kier molecular flexibility index (Phi) is 7.19. The van der Waals surface area contributed by atoms with Crippen LogP contribution >= 0.6 is 0 Å². The molecule has 154 valence electrons. The molecule has 7 nitrogen and oxygen atoms in total. The molecule has 2 aromatic carbocycles. The van der Waals surface area contributed by atoms with Gasteiger partial charge in [-0.1, -0.05) is 36.4 Å². The first kappa shape index (κ1) is 20.8. The molecule has 0 spiro atoms. The van der Waals surface area contributed by atoms with Crippen molar-refractivity contribution in [1.82, 2.24) is 15.5 Å². The maximum Gasteiger partial charge on any atom is 0.305 e. The third-order valence-corrected chi connectivity index (χ3v) is 5.13. The smallest absolute Gasteiger partial charge is 0.305 e. The Bertz CT molecular complexity index is 883. The van der Waals surface area contributed by atoms with Gasteiger partial charge >= 0.3 is 5.97 Å². The molecule has 2 amide bonds. The number of nitrogens with one attached hydrogen (secondary N) is 2. The number of piperazine rings is 1. The molecule has 0 saturated carbocycles. The fraction of sp³-hybridized carbons (Fsp3) is 0.409. The van der Waals surface area contributed by atoms with Crippen molar-refractivity contribution < 1.29 is 19.1 Å². The Morgan fingerprint density at radius 3 is 2.79 bits per heavy atom. The van der Waals surface area contributed by atoms with E-state index in [2.05, 4.69) is 50.6 Å². The maximum atomic E-state index is 12.4. The summed E-state index contributed by atoms with van der Waals surface area (Å²) in [5, 5.41) is 7.97. The number of ether oxygens (including phenoxy) is 1. The minimum atomic E-state index is -0.504. The molecule has 0 aromatic heterocycles. The van der Waals surface area contributed by atoms with Crippen molar-refractivity contribution in [2.24, 2.45) is 0 Å². The van der Waals surface area contributed by atoms with Gasteiger partial charge in [-0.15, -0.1) is 0 Å². The average molecular weight is 397 g/mol. The summed E-state index contributed by atoms with van der Waals surface area (Å²) in [5.74, 6) is -0.616. The second-order valence-corrected chi connectivity index (χ2v) is 7.19. The quantitative estimate of drug-likeness (QED) is 0.522. The highest BCUT2D eigenvalue weighted by Crippen LogP contribution is 2.19. The molecular weight excluding hydrogens is 370 g/mol. The Labute approximate surface area is 170 Å². The van der Waals surface area contributed by atoms with Crippen LogP contribution in [-0.4, -0.2) is 55.5 Å². The van der Waals surface area contributed by atoms with Crippen molar-refractivity contribution in [3.05, 3.63) is 48.0 Å². The Morgan fingerprint density at radius 1 is 1.21 bits per heavy atom. The molecule has 0 unspecified atom stereocenters. The van der Waals surface area contributed by atoms with Crippen molar-refractivity contribution in [1.29, 1.82) is 0 Å². The van der Waals surface area contributed by atoms with Crippen LogP contribution in [0.3, 0.4) is 0 Å². The Morgan fingerprint density at radius 2 is 2.00 bits per heavy atom. The van der Waals surface area contributed by atoms with Crippen LogP contribution in [0.25, 0.3) is 10.8 Å². The largest absolute Gasteiger partial charge is 0.469 e. The lowest BCUT2D eigenvalue weighted by Crippen LogP contribution is -2.56. The fourth-order valence-electron chi connectivity index (χ4n) is 3.56. The van der Waals surface area contributed by atoms with Gasteiger partial charge in [-0.25, -0.2) is 0 Å². The van der Waals surface area contributed by atoms with Gasteiger partial charge in [-0.2, -0.15) is 0 Å². The number of fused-ring (bicyclic) bond motifs is 1. The van der Waals surface area contributed by atoms with Crippen molar-refractivity contribution >= 4 is 28.6 Å². The number of amides is 2. The molecule has 0 aliphatic carbocycles. The van der Waals surface area contributed by atoms with Crippen LogP contribution in [-0.2, 0) is 25.7 Å². The number of methoxy groups -OCH3 is 1. The monoisotopic (exact) mass is 397 g/mol. The maximum absolute atomic E-state index is 12.4. The summed E-state index contributed by atoms with van der Waals surface area (Å²) in [6, 6.07) is 13.9. The molecule has 3 rings (SSSR count). The van der Waals surface area contributed by atoms with Crippen LogP contribution in [0.1, 0.15) is 24.8 Å². The number of hydrogen-bond donors (Lipinski definition) is 2. The Balaban J connectivity index is 1.58. The first-order valence-electron chi connectivity index (χ1n) is 9.90.